The van der Waals surface area contributed by atoms with Crippen LogP contribution in [0.5, 0.6) is 0 Å². The van der Waals surface area contributed by atoms with E-state index in [1.54, 1.807) is 18.3 Å². The third kappa shape index (κ3) is 2.91. The van der Waals surface area contributed by atoms with Crippen molar-refractivity contribution < 1.29 is 9.50 Å². The van der Waals surface area contributed by atoms with Crippen molar-refractivity contribution in [3.05, 3.63) is 53.9 Å². The summed E-state index contributed by atoms with van der Waals surface area (Å²) in [6.07, 6.45) is 4.31. The lowest BCUT2D eigenvalue weighted by molar-refractivity contribution is 0.166. The molecule has 0 saturated heterocycles. The van der Waals surface area contributed by atoms with E-state index in [4.69, 9.17) is 0 Å². The zero-order chi connectivity index (χ0) is 12.3. The van der Waals surface area contributed by atoms with Gasteiger partial charge in [-0.1, -0.05) is 12.1 Å². The van der Waals surface area contributed by atoms with Crippen LogP contribution in [0.1, 0.15) is 23.9 Å². The van der Waals surface area contributed by atoms with Gasteiger partial charge in [0.1, 0.15) is 11.6 Å². The highest BCUT2D eigenvalue weighted by Crippen LogP contribution is 2.18. The fourth-order valence-corrected chi connectivity index (χ4v) is 1.75. The van der Waals surface area contributed by atoms with E-state index in [0.29, 0.717) is 12.8 Å². The second-order valence-electron chi connectivity index (χ2n) is 4.06. The second kappa shape index (κ2) is 5.10. The Balaban J connectivity index is 1.95. The maximum atomic E-state index is 12.7. The van der Waals surface area contributed by atoms with Gasteiger partial charge < -0.3 is 9.67 Å². The van der Waals surface area contributed by atoms with Gasteiger partial charge in [-0.2, -0.15) is 0 Å². The van der Waals surface area contributed by atoms with Crippen molar-refractivity contribution in [2.75, 3.05) is 0 Å². The van der Waals surface area contributed by atoms with Gasteiger partial charge >= 0.3 is 0 Å². The first-order valence-electron chi connectivity index (χ1n) is 5.56. The van der Waals surface area contributed by atoms with Gasteiger partial charge in [-0.15, -0.1) is 0 Å². The van der Waals surface area contributed by atoms with E-state index in [9.17, 15) is 9.50 Å². The summed E-state index contributed by atoms with van der Waals surface area (Å²) in [7, 11) is 1.92. The monoisotopic (exact) mass is 234 g/mol. The van der Waals surface area contributed by atoms with Crippen LogP contribution >= 0.6 is 0 Å². The van der Waals surface area contributed by atoms with Gasteiger partial charge in [0.05, 0.1) is 6.10 Å². The van der Waals surface area contributed by atoms with E-state index < -0.39 is 6.10 Å². The number of aliphatic hydroxyl groups is 1. The number of aryl methyl sites for hydroxylation is 2. The molecule has 1 atom stereocenters. The van der Waals surface area contributed by atoms with E-state index in [-0.39, 0.29) is 5.82 Å². The largest absolute Gasteiger partial charge is 0.388 e. The first-order valence-corrected chi connectivity index (χ1v) is 5.56. The van der Waals surface area contributed by atoms with E-state index >= 15 is 0 Å². The maximum Gasteiger partial charge on any atom is 0.123 e. The lowest BCUT2D eigenvalue weighted by Crippen LogP contribution is -2.03. The maximum absolute atomic E-state index is 12.7. The molecule has 2 aromatic rings. The SMILES string of the molecule is Cn1ccnc1CCC(O)c1ccc(F)cc1. The Morgan fingerprint density at radius 1 is 1.35 bits per heavy atom. The predicted molar refractivity (Wildman–Crippen MR) is 62.9 cm³/mol. The zero-order valence-electron chi connectivity index (χ0n) is 9.68. The summed E-state index contributed by atoms with van der Waals surface area (Å²) in [6.45, 7) is 0. The normalized spacial score (nSPS) is 12.6. The Kier molecular flexibility index (Phi) is 3.54. The van der Waals surface area contributed by atoms with Gasteiger partial charge in [0.2, 0.25) is 0 Å². The standard InChI is InChI=1S/C13H15FN2O/c1-16-9-8-15-13(16)7-6-12(17)10-2-4-11(14)5-3-10/h2-5,8-9,12,17H,6-7H2,1H3. The van der Waals surface area contributed by atoms with Gasteiger partial charge in [-0.3, -0.25) is 0 Å². The molecule has 0 amide bonds. The Morgan fingerprint density at radius 3 is 2.65 bits per heavy atom. The van der Waals surface area contributed by atoms with Crippen LogP contribution < -0.4 is 0 Å². The molecule has 90 valence electrons. The van der Waals surface area contributed by atoms with Crippen LogP contribution in [0.15, 0.2) is 36.7 Å². The van der Waals surface area contributed by atoms with E-state index in [1.807, 2.05) is 17.8 Å². The molecule has 0 bridgehead atoms. The minimum atomic E-state index is -0.577. The van der Waals surface area contributed by atoms with Crippen LogP contribution in [0.25, 0.3) is 0 Å². The highest BCUT2D eigenvalue weighted by molar-refractivity contribution is 5.18. The van der Waals surface area contributed by atoms with Gasteiger partial charge in [-0.25, -0.2) is 9.37 Å². The number of aliphatic hydroxyl groups excluding tert-OH is 1. The van der Waals surface area contributed by atoms with E-state index in [2.05, 4.69) is 4.98 Å². The van der Waals surface area contributed by atoms with Crippen molar-refractivity contribution in [1.82, 2.24) is 9.55 Å². The number of imidazole rings is 1. The lowest BCUT2D eigenvalue weighted by atomic mass is 10.0. The molecule has 1 unspecified atom stereocenters. The second-order valence-corrected chi connectivity index (χ2v) is 4.06. The molecular weight excluding hydrogens is 219 g/mol. The van der Waals surface area contributed by atoms with Crippen molar-refractivity contribution in [1.29, 1.82) is 0 Å². The molecule has 0 spiro atoms. The van der Waals surface area contributed by atoms with Gasteiger partial charge in [0.15, 0.2) is 0 Å². The molecule has 0 saturated carbocycles. The van der Waals surface area contributed by atoms with Crippen molar-refractivity contribution in [2.24, 2.45) is 7.05 Å². The molecule has 17 heavy (non-hydrogen) atoms. The number of benzene rings is 1. The highest BCUT2D eigenvalue weighted by Gasteiger charge is 2.09. The van der Waals surface area contributed by atoms with Crippen LogP contribution in [0.4, 0.5) is 4.39 Å². The predicted octanol–water partition coefficient (Wildman–Crippen LogP) is 2.23. The van der Waals surface area contributed by atoms with E-state index in [1.165, 1.54) is 12.1 Å². The molecule has 0 fully saturated rings. The third-order valence-corrected chi connectivity index (χ3v) is 2.82. The smallest absolute Gasteiger partial charge is 0.123 e. The topological polar surface area (TPSA) is 38.0 Å². The van der Waals surface area contributed by atoms with Crippen molar-refractivity contribution in [3.8, 4) is 0 Å². The lowest BCUT2D eigenvalue weighted by Gasteiger charge is -2.10. The minimum absolute atomic E-state index is 0.287. The minimum Gasteiger partial charge on any atom is -0.388 e. The summed E-state index contributed by atoms with van der Waals surface area (Å²) >= 11 is 0. The third-order valence-electron chi connectivity index (χ3n) is 2.82. The van der Waals surface area contributed by atoms with Crippen molar-refractivity contribution in [3.63, 3.8) is 0 Å². The summed E-state index contributed by atoms with van der Waals surface area (Å²) in [5.74, 6) is 0.649. The molecule has 1 heterocycles. The summed E-state index contributed by atoms with van der Waals surface area (Å²) in [6, 6.07) is 5.94. The van der Waals surface area contributed by atoms with Crippen LogP contribution in [-0.2, 0) is 13.5 Å². The average Bonchev–Trinajstić information content (AvgIpc) is 2.73. The zero-order valence-corrected chi connectivity index (χ0v) is 9.68. The van der Waals surface area contributed by atoms with E-state index in [0.717, 1.165) is 11.4 Å². The average molecular weight is 234 g/mol. The van der Waals surface area contributed by atoms with Crippen LogP contribution in [-0.4, -0.2) is 14.7 Å². The van der Waals surface area contributed by atoms with Crippen LogP contribution in [0.2, 0.25) is 0 Å². The fourth-order valence-electron chi connectivity index (χ4n) is 1.75. The first-order chi connectivity index (χ1) is 8.16. The Hall–Kier alpha value is -1.68. The molecule has 2 rings (SSSR count). The van der Waals surface area contributed by atoms with Gasteiger partial charge in [0, 0.05) is 25.9 Å². The highest BCUT2D eigenvalue weighted by atomic mass is 19.1. The Bertz CT molecular complexity index is 478. The number of halogens is 1. The molecule has 1 aromatic carbocycles. The summed E-state index contributed by atoms with van der Waals surface area (Å²) < 4.78 is 14.6. The Morgan fingerprint density at radius 2 is 2.06 bits per heavy atom. The molecule has 4 heteroatoms. The number of hydrogen-bond donors (Lipinski definition) is 1. The number of nitrogens with zero attached hydrogens (tertiary/aromatic N) is 2. The molecule has 1 N–H and O–H groups in total. The van der Waals surface area contributed by atoms with Crippen LogP contribution in [0.3, 0.4) is 0 Å². The first kappa shape index (κ1) is 11.8. The summed E-state index contributed by atoms with van der Waals surface area (Å²) in [5, 5.41) is 9.94. The molecular formula is C13H15FN2O. The summed E-state index contributed by atoms with van der Waals surface area (Å²) in [5.41, 5.74) is 0.737. The molecule has 3 nitrogen and oxygen atoms in total. The number of hydrogen-bond acceptors (Lipinski definition) is 2. The van der Waals surface area contributed by atoms with Gasteiger partial charge in [-0.05, 0) is 24.1 Å². The number of aromatic nitrogens is 2. The van der Waals surface area contributed by atoms with Crippen molar-refractivity contribution in [2.45, 2.75) is 18.9 Å². The Labute approximate surface area is 99.5 Å². The molecule has 0 aliphatic carbocycles. The fraction of sp³-hybridized carbons (Fsp3) is 0.308. The van der Waals surface area contributed by atoms with Crippen LogP contribution in [0, 0.1) is 5.82 Å². The molecule has 0 aliphatic rings. The quantitative estimate of drug-likeness (QED) is 0.880. The molecule has 0 radical (unpaired) electrons. The molecule has 0 aliphatic heterocycles. The van der Waals surface area contributed by atoms with Gasteiger partial charge in [0.25, 0.3) is 0 Å². The van der Waals surface area contributed by atoms with Crippen molar-refractivity contribution >= 4 is 0 Å². The summed E-state index contributed by atoms with van der Waals surface area (Å²) in [4.78, 5) is 4.19. The molecule has 1 aromatic heterocycles. The number of rotatable bonds is 4.